The highest BCUT2D eigenvalue weighted by Gasteiger charge is 2.18. The maximum Gasteiger partial charge on any atom is 0.131 e. The Balaban J connectivity index is 1.81. The van der Waals surface area contributed by atoms with E-state index in [1.54, 1.807) is 0 Å². The summed E-state index contributed by atoms with van der Waals surface area (Å²) in [5, 5.41) is 6.70. The molecule has 20 heavy (non-hydrogen) atoms. The first-order valence-electron chi connectivity index (χ1n) is 8.00. The number of nitrogens with one attached hydrogen (secondary N) is 2. The average Bonchev–Trinajstić information content (AvgIpc) is 2.38. The summed E-state index contributed by atoms with van der Waals surface area (Å²) >= 11 is 0. The van der Waals surface area contributed by atoms with Gasteiger partial charge in [0.15, 0.2) is 0 Å². The van der Waals surface area contributed by atoms with Crippen LogP contribution >= 0.6 is 0 Å². The maximum atomic E-state index is 4.45. The van der Waals surface area contributed by atoms with Crippen molar-refractivity contribution in [2.75, 3.05) is 23.7 Å². The van der Waals surface area contributed by atoms with Gasteiger partial charge in [-0.3, -0.25) is 0 Å². The van der Waals surface area contributed by atoms with E-state index in [2.05, 4.69) is 34.4 Å². The second-order valence-corrected chi connectivity index (χ2v) is 6.07. The molecule has 1 aromatic heterocycles. The molecule has 0 spiro atoms. The monoisotopic (exact) mass is 276 g/mol. The fraction of sp³-hybridized carbons (Fsp3) is 0.750. The number of aryl methyl sites for hydroxylation is 1. The second-order valence-electron chi connectivity index (χ2n) is 6.07. The van der Waals surface area contributed by atoms with Gasteiger partial charge in [0.05, 0.1) is 0 Å². The molecule has 0 aromatic carbocycles. The molecule has 2 unspecified atom stereocenters. The third kappa shape index (κ3) is 4.66. The Morgan fingerprint density at radius 3 is 2.65 bits per heavy atom. The number of anilines is 2. The molecule has 0 bridgehead atoms. The van der Waals surface area contributed by atoms with Crippen LogP contribution in [-0.4, -0.2) is 23.1 Å². The van der Waals surface area contributed by atoms with Crippen LogP contribution in [0.5, 0.6) is 0 Å². The molecule has 1 fully saturated rings. The van der Waals surface area contributed by atoms with E-state index in [0.29, 0.717) is 0 Å². The lowest BCUT2D eigenvalue weighted by Gasteiger charge is -2.26. The van der Waals surface area contributed by atoms with Gasteiger partial charge in [-0.1, -0.05) is 26.2 Å². The molecule has 1 aromatic rings. The first kappa shape index (κ1) is 15.1. The Morgan fingerprint density at radius 2 is 1.95 bits per heavy atom. The molecule has 1 heterocycles. The zero-order valence-corrected chi connectivity index (χ0v) is 13.1. The fourth-order valence-electron chi connectivity index (χ4n) is 3.16. The Labute approximate surface area is 122 Å². The summed E-state index contributed by atoms with van der Waals surface area (Å²) in [7, 11) is 0. The van der Waals surface area contributed by atoms with Crippen molar-refractivity contribution in [3.05, 3.63) is 11.9 Å². The van der Waals surface area contributed by atoms with Crippen molar-refractivity contribution in [3.8, 4) is 0 Å². The molecule has 112 valence electrons. The van der Waals surface area contributed by atoms with E-state index < -0.39 is 0 Å². The Kier molecular flexibility index (Phi) is 5.62. The van der Waals surface area contributed by atoms with Crippen LogP contribution < -0.4 is 10.6 Å². The average molecular weight is 276 g/mol. The summed E-state index contributed by atoms with van der Waals surface area (Å²) in [6, 6.07) is 2.00. The van der Waals surface area contributed by atoms with E-state index in [1.807, 2.05) is 13.0 Å². The van der Waals surface area contributed by atoms with E-state index in [-0.39, 0.29) is 0 Å². The van der Waals surface area contributed by atoms with Crippen molar-refractivity contribution >= 4 is 11.6 Å². The van der Waals surface area contributed by atoms with Crippen molar-refractivity contribution in [1.29, 1.82) is 0 Å². The summed E-state index contributed by atoms with van der Waals surface area (Å²) < 4.78 is 0. The molecule has 2 atom stereocenters. The minimum Gasteiger partial charge on any atom is -0.370 e. The fourth-order valence-corrected chi connectivity index (χ4v) is 3.16. The summed E-state index contributed by atoms with van der Waals surface area (Å²) in [6.45, 7) is 8.30. The second kappa shape index (κ2) is 7.46. The standard InChI is InChI=1S/C16H28N4/c1-4-17-15-11-16(20-13(3)19-15)18-9-8-14-7-5-6-12(2)10-14/h11-12,14H,4-10H2,1-3H3,(H2,17,18,19,20). The molecule has 0 saturated heterocycles. The summed E-state index contributed by atoms with van der Waals surface area (Å²) in [6.07, 6.45) is 6.87. The Morgan fingerprint density at radius 1 is 1.20 bits per heavy atom. The van der Waals surface area contributed by atoms with Crippen LogP contribution in [0.1, 0.15) is 51.8 Å². The highest BCUT2D eigenvalue weighted by molar-refractivity contribution is 5.47. The van der Waals surface area contributed by atoms with Crippen LogP contribution in [0, 0.1) is 18.8 Å². The van der Waals surface area contributed by atoms with Crippen LogP contribution in [0.3, 0.4) is 0 Å². The van der Waals surface area contributed by atoms with Gasteiger partial charge >= 0.3 is 0 Å². The van der Waals surface area contributed by atoms with E-state index >= 15 is 0 Å². The summed E-state index contributed by atoms with van der Waals surface area (Å²) in [5.41, 5.74) is 0. The van der Waals surface area contributed by atoms with Gasteiger partial charge in [0, 0.05) is 19.2 Å². The summed E-state index contributed by atoms with van der Waals surface area (Å²) in [5.74, 6) is 4.47. The van der Waals surface area contributed by atoms with Gasteiger partial charge in [-0.25, -0.2) is 9.97 Å². The molecule has 4 nitrogen and oxygen atoms in total. The van der Waals surface area contributed by atoms with E-state index in [4.69, 9.17) is 0 Å². The number of nitrogens with zero attached hydrogens (tertiary/aromatic N) is 2. The van der Waals surface area contributed by atoms with Gasteiger partial charge in [0.1, 0.15) is 17.5 Å². The normalized spacial score (nSPS) is 22.6. The van der Waals surface area contributed by atoms with Gasteiger partial charge in [-0.2, -0.15) is 0 Å². The van der Waals surface area contributed by atoms with E-state index in [9.17, 15) is 0 Å². The lowest BCUT2D eigenvalue weighted by molar-refractivity contribution is 0.274. The van der Waals surface area contributed by atoms with Crippen molar-refractivity contribution in [3.63, 3.8) is 0 Å². The van der Waals surface area contributed by atoms with Gasteiger partial charge < -0.3 is 10.6 Å². The van der Waals surface area contributed by atoms with Crippen LogP contribution in [0.25, 0.3) is 0 Å². The quantitative estimate of drug-likeness (QED) is 0.828. The van der Waals surface area contributed by atoms with Crippen molar-refractivity contribution < 1.29 is 0 Å². The minimum atomic E-state index is 0.817. The predicted octanol–water partition coefficient (Wildman–Crippen LogP) is 3.85. The molecule has 4 heteroatoms. The molecule has 2 rings (SSSR count). The molecular weight excluding hydrogens is 248 g/mol. The van der Waals surface area contributed by atoms with Crippen LogP contribution in [0.2, 0.25) is 0 Å². The van der Waals surface area contributed by atoms with Crippen molar-refractivity contribution in [1.82, 2.24) is 9.97 Å². The van der Waals surface area contributed by atoms with Crippen molar-refractivity contribution in [2.24, 2.45) is 11.8 Å². The molecule has 0 radical (unpaired) electrons. The largest absolute Gasteiger partial charge is 0.370 e. The van der Waals surface area contributed by atoms with Gasteiger partial charge in [-0.15, -0.1) is 0 Å². The highest BCUT2D eigenvalue weighted by Crippen LogP contribution is 2.30. The van der Waals surface area contributed by atoms with Crippen LogP contribution in [-0.2, 0) is 0 Å². The van der Waals surface area contributed by atoms with Crippen LogP contribution in [0.4, 0.5) is 11.6 Å². The number of hydrogen-bond donors (Lipinski definition) is 2. The molecular formula is C16H28N4. The van der Waals surface area contributed by atoms with Crippen molar-refractivity contribution in [2.45, 2.75) is 52.9 Å². The summed E-state index contributed by atoms with van der Waals surface area (Å²) in [4.78, 5) is 8.82. The maximum absolute atomic E-state index is 4.45. The topological polar surface area (TPSA) is 49.8 Å². The molecule has 1 aliphatic rings. The molecule has 0 aliphatic heterocycles. The van der Waals surface area contributed by atoms with Crippen LogP contribution in [0.15, 0.2) is 6.07 Å². The smallest absolute Gasteiger partial charge is 0.131 e. The van der Waals surface area contributed by atoms with E-state index in [0.717, 1.165) is 42.4 Å². The molecule has 2 N–H and O–H groups in total. The molecule has 1 saturated carbocycles. The van der Waals surface area contributed by atoms with Gasteiger partial charge in [0.2, 0.25) is 0 Å². The number of aromatic nitrogens is 2. The zero-order valence-electron chi connectivity index (χ0n) is 13.1. The molecule has 0 amide bonds. The van der Waals surface area contributed by atoms with E-state index in [1.165, 1.54) is 32.1 Å². The first-order chi connectivity index (χ1) is 9.67. The van der Waals surface area contributed by atoms with Gasteiger partial charge in [-0.05, 0) is 38.5 Å². The molecule has 1 aliphatic carbocycles. The van der Waals surface area contributed by atoms with Gasteiger partial charge in [0.25, 0.3) is 0 Å². The Bertz CT molecular complexity index is 419. The highest BCUT2D eigenvalue weighted by atomic mass is 15.1. The SMILES string of the molecule is CCNc1cc(NCCC2CCCC(C)C2)nc(C)n1. The zero-order chi connectivity index (χ0) is 14.4. The third-order valence-corrected chi connectivity index (χ3v) is 4.10. The lowest BCUT2D eigenvalue weighted by atomic mass is 9.81. The number of hydrogen-bond acceptors (Lipinski definition) is 4. The first-order valence-corrected chi connectivity index (χ1v) is 8.00. The third-order valence-electron chi connectivity index (χ3n) is 4.10. The number of rotatable bonds is 6. The Hall–Kier alpha value is -1.32. The minimum absolute atomic E-state index is 0.817. The predicted molar refractivity (Wildman–Crippen MR) is 85.2 cm³/mol. The lowest BCUT2D eigenvalue weighted by Crippen LogP contribution is -2.17.